The van der Waals surface area contributed by atoms with E-state index in [2.05, 4.69) is 41.7 Å². The number of rotatable bonds is 2. The number of aryl methyl sites for hydroxylation is 1. The van der Waals surface area contributed by atoms with Gasteiger partial charge >= 0.3 is 0 Å². The monoisotopic (exact) mass is 288 g/mol. The van der Waals surface area contributed by atoms with Crippen molar-refractivity contribution in [2.24, 2.45) is 5.41 Å². The summed E-state index contributed by atoms with van der Waals surface area (Å²) in [7, 11) is 0. The molecular formula is C17H28N4. The third kappa shape index (κ3) is 2.10. The first kappa shape index (κ1) is 13.6. The first-order chi connectivity index (χ1) is 9.99. The van der Waals surface area contributed by atoms with E-state index in [0.29, 0.717) is 11.5 Å². The van der Waals surface area contributed by atoms with E-state index in [1.807, 2.05) is 0 Å². The smallest absolute Gasteiger partial charge is 0.151 e. The second kappa shape index (κ2) is 4.48. The summed E-state index contributed by atoms with van der Waals surface area (Å²) in [5.74, 6) is 1.20. The number of aromatic nitrogens is 2. The van der Waals surface area contributed by atoms with Crippen molar-refractivity contribution in [2.75, 3.05) is 24.5 Å². The van der Waals surface area contributed by atoms with Gasteiger partial charge in [-0.15, -0.1) is 0 Å². The van der Waals surface area contributed by atoms with Gasteiger partial charge in [0.15, 0.2) is 5.82 Å². The van der Waals surface area contributed by atoms with Crippen molar-refractivity contribution < 1.29 is 0 Å². The van der Waals surface area contributed by atoms with Crippen LogP contribution in [-0.4, -0.2) is 35.0 Å². The van der Waals surface area contributed by atoms with Crippen molar-refractivity contribution in [3.63, 3.8) is 0 Å². The van der Waals surface area contributed by atoms with Crippen molar-refractivity contribution in [2.45, 2.75) is 64.5 Å². The van der Waals surface area contributed by atoms with Crippen LogP contribution in [0.15, 0.2) is 6.07 Å². The highest BCUT2D eigenvalue weighted by Gasteiger charge is 2.49. The molecule has 3 aliphatic rings. The molecule has 0 bridgehead atoms. The fraction of sp³-hybridized carbons (Fsp3) is 0.824. The molecule has 1 saturated carbocycles. The molecule has 3 heterocycles. The van der Waals surface area contributed by atoms with Gasteiger partial charge in [0, 0.05) is 36.9 Å². The zero-order valence-corrected chi connectivity index (χ0v) is 13.7. The number of hydrogen-bond donors (Lipinski definition) is 1. The largest absolute Gasteiger partial charge is 0.350 e. The molecule has 0 atom stereocenters. The van der Waals surface area contributed by atoms with E-state index in [-0.39, 0.29) is 5.54 Å². The van der Waals surface area contributed by atoms with Crippen molar-refractivity contribution in [1.82, 2.24) is 15.1 Å². The van der Waals surface area contributed by atoms with E-state index in [4.69, 9.17) is 5.10 Å². The number of hydrogen-bond acceptors (Lipinski definition) is 3. The van der Waals surface area contributed by atoms with Gasteiger partial charge in [-0.1, -0.05) is 0 Å². The molecule has 4 rings (SSSR count). The Balaban J connectivity index is 1.54. The van der Waals surface area contributed by atoms with Gasteiger partial charge in [0.05, 0.1) is 6.04 Å². The summed E-state index contributed by atoms with van der Waals surface area (Å²) >= 11 is 0. The van der Waals surface area contributed by atoms with Gasteiger partial charge in [0.1, 0.15) is 0 Å². The van der Waals surface area contributed by atoms with Gasteiger partial charge in [0.2, 0.25) is 0 Å². The molecule has 116 valence electrons. The Morgan fingerprint density at radius 1 is 1.24 bits per heavy atom. The third-order valence-corrected chi connectivity index (χ3v) is 6.02. The summed E-state index contributed by atoms with van der Waals surface area (Å²) < 4.78 is 2.31. The molecule has 0 aromatic carbocycles. The Bertz CT molecular complexity index is 533. The summed E-state index contributed by atoms with van der Waals surface area (Å²) in [6.07, 6.45) is 6.54. The first-order valence-corrected chi connectivity index (χ1v) is 8.54. The number of piperidine rings is 1. The molecule has 21 heavy (non-hydrogen) atoms. The summed E-state index contributed by atoms with van der Waals surface area (Å²) in [5, 5.41) is 8.42. The number of anilines is 1. The lowest BCUT2D eigenvalue weighted by Gasteiger charge is -2.54. The lowest BCUT2D eigenvalue weighted by Crippen LogP contribution is -2.60. The normalized spacial score (nSPS) is 27.5. The van der Waals surface area contributed by atoms with Crippen LogP contribution in [0.1, 0.15) is 57.7 Å². The molecule has 1 N–H and O–H groups in total. The molecule has 1 aromatic heterocycles. The van der Waals surface area contributed by atoms with Crippen LogP contribution in [0.4, 0.5) is 5.82 Å². The van der Waals surface area contributed by atoms with Crippen LogP contribution >= 0.6 is 0 Å². The molecule has 0 unspecified atom stereocenters. The third-order valence-electron chi connectivity index (χ3n) is 6.02. The van der Waals surface area contributed by atoms with E-state index in [9.17, 15) is 0 Å². The highest BCUT2D eigenvalue weighted by atomic mass is 15.4. The minimum Gasteiger partial charge on any atom is -0.350 e. The highest BCUT2D eigenvalue weighted by molar-refractivity contribution is 5.43. The van der Waals surface area contributed by atoms with Gasteiger partial charge < -0.3 is 10.2 Å². The first-order valence-electron chi connectivity index (χ1n) is 8.54. The van der Waals surface area contributed by atoms with Gasteiger partial charge in [-0.3, -0.25) is 4.68 Å². The minimum atomic E-state index is 0.253. The van der Waals surface area contributed by atoms with Crippen molar-refractivity contribution >= 4 is 5.82 Å². The van der Waals surface area contributed by atoms with Crippen LogP contribution in [0.2, 0.25) is 0 Å². The zero-order chi connectivity index (χ0) is 14.7. The summed E-state index contributed by atoms with van der Waals surface area (Å²) in [4.78, 5) is 2.53. The molecule has 1 spiro atoms. The maximum Gasteiger partial charge on any atom is 0.151 e. The Morgan fingerprint density at radius 3 is 2.62 bits per heavy atom. The van der Waals surface area contributed by atoms with Crippen molar-refractivity contribution in [3.8, 4) is 0 Å². The second-order valence-corrected chi connectivity index (χ2v) is 8.18. The lowest BCUT2D eigenvalue weighted by molar-refractivity contribution is 0.00156. The molecular weight excluding hydrogens is 260 g/mol. The van der Waals surface area contributed by atoms with Crippen LogP contribution < -0.4 is 10.2 Å². The Morgan fingerprint density at radius 2 is 2.00 bits per heavy atom. The van der Waals surface area contributed by atoms with E-state index in [1.54, 1.807) is 0 Å². The quantitative estimate of drug-likeness (QED) is 0.908. The maximum atomic E-state index is 5.00. The second-order valence-electron chi connectivity index (χ2n) is 8.18. The van der Waals surface area contributed by atoms with Crippen LogP contribution in [0.5, 0.6) is 0 Å². The Labute approximate surface area is 127 Å². The van der Waals surface area contributed by atoms with Crippen LogP contribution in [0.3, 0.4) is 0 Å². The number of nitrogens with one attached hydrogen (secondary N) is 1. The molecule has 4 heteroatoms. The van der Waals surface area contributed by atoms with E-state index < -0.39 is 0 Å². The van der Waals surface area contributed by atoms with E-state index in [1.165, 1.54) is 56.7 Å². The molecule has 3 fully saturated rings. The van der Waals surface area contributed by atoms with E-state index >= 15 is 0 Å². The van der Waals surface area contributed by atoms with Crippen LogP contribution in [-0.2, 0) is 0 Å². The average Bonchev–Trinajstić information content (AvgIpc) is 2.67. The fourth-order valence-corrected chi connectivity index (χ4v) is 4.54. The molecule has 2 aliphatic heterocycles. The number of nitrogens with zero attached hydrogens (tertiary/aromatic N) is 3. The topological polar surface area (TPSA) is 33.1 Å². The van der Waals surface area contributed by atoms with Gasteiger partial charge in [-0.25, -0.2) is 0 Å². The summed E-state index contributed by atoms with van der Waals surface area (Å²) in [5.41, 5.74) is 2.20. The lowest BCUT2D eigenvalue weighted by atomic mass is 9.62. The standard InChI is InChI=1S/C17H28N4/c1-13-8-15(20-7-5-4-6-16(20,2)3)19-21(13)14-9-17(10-14)11-18-12-17/h8,14,18H,4-7,9-12H2,1-3H3. The fourth-order valence-electron chi connectivity index (χ4n) is 4.54. The maximum absolute atomic E-state index is 5.00. The summed E-state index contributed by atoms with van der Waals surface area (Å²) in [6, 6.07) is 2.94. The molecule has 0 radical (unpaired) electrons. The minimum absolute atomic E-state index is 0.253. The van der Waals surface area contributed by atoms with Gasteiger partial charge in [-0.05, 0) is 58.3 Å². The average molecular weight is 288 g/mol. The van der Waals surface area contributed by atoms with Gasteiger partial charge in [-0.2, -0.15) is 5.10 Å². The molecule has 1 aromatic rings. The predicted octanol–water partition coefficient (Wildman–Crippen LogP) is 2.88. The molecule has 2 saturated heterocycles. The molecule has 4 nitrogen and oxygen atoms in total. The van der Waals surface area contributed by atoms with Crippen LogP contribution in [0.25, 0.3) is 0 Å². The Kier molecular flexibility index (Phi) is 2.91. The van der Waals surface area contributed by atoms with Crippen molar-refractivity contribution in [1.29, 1.82) is 0 Å². The molecule has 1 aliphatic carbocycles. The zero-order valence-electron chi connectivity index (χ0n) is 13.7. The highest BCUT2D eigenvalue weighted by Crippen LogP contribution is 2.51. The molecule has 0 amide bonds. The van der Waals surface area contributed by atoms with E-state index in [0.717, 1.165) is 6.54 Å². The predicted molar refractivity (Wildman–Crippen MR) is 85.8 cm³/mol. The Hall–Kier alpha value is -1.03. The summed E-state index contributed by atoms with van der Waals surface area (Å²) in [6.45, 7) is 10.5. The van der Waals surface area contributed by atoms with Crippen LogP contribution in [0, 0.1) is 12.3 Å². The SMILES string of the molecule is Cc1cc(N2CCCCC2(C)C)nn1C1CC2(CNC2)C1. The van der Waals surface area contributed by atoms with Gasteiger partial charge in [0.25, 0.3) is 0 Å². The van der Waals surface area contributed by atoms with Crippen molar-refractivity contribution in [3.05, 3.63) is 11.8 Å².